The van der Waals surface area contributed by atoms with Gasteiger partial charge in [0.25, 0.3) is 5.91 Å². The number of aryl methyl sites for hydroxylation is 1. The van der Waals surface area contributed by atoms with E-state index >= 15 is 8.78 Å². The highest BCUT2D eigenvalue weighted by molar-refractivity contribution is 7.98. The second kappa shape index (κ2) is 11.2. The first-order valence-electron chi connectivity index (χ1n) is 11.4. The number of anilines is 3. The summed E-state index contributed by atoms with van der Waals surface area (Å²) in [6, 6.07) is 6.69. The van der Waals surface area contributed by atoms with Crippen LogP contribution in [0, 0.1) is 30.2 Å². The summed E-state index contributed by atoms with van der Waals surface area (Å²) in [5, 5.41) is 5.28. The van der Waals surface area contributed by atoms with Crippen LogP contribution in [0.4, 0.5) is 34.8 Å². The molecule has 1 aromatic heterocycles. The average Bonchev–Trinajstić information content (AvgIpc) is 3.66. The molecule has 3 aromatic rings. The number of nitrogens with zero attached hydrogens (tertiary/aromatic N) is 1. The van der Waals surface area contributed by atoms with Crippen LogP contribution >= 0.6 is 12.1 Å². The SMILES string of the molecule is CCNSNc1nccc(Cc2cc(C(=O)NC3CC3)c(Nc3ccc(C)cc3F)c(F)c2F)c1F. The van der Waals surface area contributed by atoms with Gasteiger partial charge < -0.3 is 10.6 Å². The number of pyridine rings is 1. The molecule has 2 aromatic carbocycles. The third kappa shape index (κ3) is 5.90. The molecule has 0 atom stereocenters. The van der Waals surface area contributed by atoms with Gasteiger partial charge in [0, 0.05) is 37.3 Å². The van der Waals surface area contributed by atoms with Gasteiger partial charge in [0.15, 0.2) is 23.3 Å². The predicted molar refractivity (Wildman–Crippen MR) is 133 cm³/mol. The number of aromatic nitrogens is 1. The summed E-state index contributed by atoms with van der Waals surface area (Å²) in [7, 11) is 0. The second-order valence-corrected chi connectivity index (χ2v) is 9.15. The monoisotopic (exact) mass is 519 g/mol. The normalized spacial score (nSPS) is 12.9. The Labute approximate surface area is 210 Å². The molecule has 1 aliphatic rings. The molecular weight excluding hydrogens is 494 g/mol. The fourth-order valence-corrected chi connectivity index (χ4v) is 3.96. The van der Waals surface area contributed by atoms with Crippen LogP contribution in [0.5, 0.6) is 0 Å². The molecule has 1 amide bonds. The lowest BCUT2D eigenvalue weighted by Crippen LogP contribution is -2.27. The molecule has 0 unspecified atom stereocenters. The number of benzene rings is 2. The van der Waals surface area contributed by atoms with Crippen molar-refractivity contribution in [2.75, 3.05) is 16.6 Å². The Balaban J connectivity index is 1.71. The van der Waals surface area contributed by atoms with Crippen molar-refractivity contribution < 1.29 is 22.4 Å². The van der Waals surface area contributed by atoms with Crippen molar-refractivity contribution in [2.45, 2.75) is 39.2 Å². The maximum absolute atomic E-state index is 15.4. The zero-order chi connectivity index (χ0) is 25.8. The molecular formula is C25H25F4N5OS. The lowest BCUT2D eigenvalue weighted by Gasteiger charge is -2.17. The molecule has 190 valence electrons. The molecule has 36 heavy (non-hydrogen) atoms. The lowest BCUT2D eigenvalue weighted by molar-refractivity contribution is 0.0951. The van der Waals surface area contributed by atoms with Crippen molar-refractivity contribution in [3.8, 4) is 0 Å². The molecule has 0 aliphatic heterocycles. The summed E-state index contributed by atoms with van der Waals surface area (Å²) >= 11 is 1.04. The molecule has 1 saturated carbocycles. The van der Waals surface area contributed by atoms with Crippen LogP contribution in [-0.2, 0) is 6.42 Å². The van der Waals surface area contributed by atoms with Crippen LogP contribution < -0.4 is 20.1 Å². The van der Waals surface area contributed by atoms with Gasteiger partial charge in [-0.25, -0.2) is 27.3 Å². The highest BCUT2D eigenvalue weighted by Gasteiger charge is 2.28. The quantitative estimate of drug-likeness (QED) is 0.155. The third-order valence-corrected chi connectivity index (χ3v) is 6.27. The maximum Gasteiger partial charge on any atom is 0.253 e. The van der Waals surface area contributed by atoms with E-state index in [0.717, 1.165) is 25.0 Å². The first-order valence-corrected chi connectivity index (χ1v) is 12.2. The predicted octanol–water partition coefficient (Wildman–Crippen LogP) is 5.76. The fraction of sp³-hybridized carbons (Fsp3) is 0.280. The highest BCUT2D eigenvalue weighted by atomic mass is 32.2. The number of hydrogen-bond acceptors (Lipinski definition) is 6. The molecule has 1 aliphatic carbocycles. The van der Waals surface area contributed by atoms with Gasteiger partial charge in [0.05, 0.1) is 16.9 Å². The Bertz CT molecular complexity index is 1290. The van der Waals surface area contributed by atoms with Gasteiger partial charge in [-0.15, -0.1) is 0 Å². The van der Waals surface area contributed by atoms with Crippen molar-refractivity contribution in [3.63, 3.8) is 0 Å². The van der Waals surface area contributed by atoms with Crippen LogP contribution in [0.2, 0.25) is 0 Å². The number of rotatable bonds is 10. The van der Waals surface area contributed by atoms with Crippen molar-refractivity contribution in [3.05, 3.63) is 82.1 Å². The molecule has 6 nitrogen and oxygen atoms in total. The lowest BCUT2D eigenvalue weighted by atomic mass is 9.99. The van der Waals surface area contributed by atoms with E-state index in [1.807, 2.05) is 6.92 Å². The molecule has 11 heteroatoms. The van der Waals surface area contributed by atoms with Crippen molar-refractivity contribution in [2.24, 2.45) is 0 Å². The zero-order valence-electron chi connectivity index (χ0n) is 19.6. The topological polar surface area (TPSA) is 78.1 Å². The van der Waals surface area contributed by atoms with E-state index in [-0.39, 0.29) is 40.7 Å². The third-order valence-electron chi connectivity index (χ3n) is 5.54. The van der Waals surface area contributed by atoms with Gasteiger partial charge in [-0.1, -0.05) is 13.0 Å². The van der Waals surface area contributed by atoms with Crippen LogP contribution in [0.3, 0.4) is 0 Å². The number of carbonyl (C=O) groups is 1. The van der Waals surface area contributed by atoms with E-state index in [1.165, 1.54) is 30.5 Å². The summed E-state index contributed by atoms with van der Waals surface area (Å²) < 4.78 is 65.6. The Morgan fingerprint density at radius 1 is 1.06 bits per heavy atom. The summed E-state index contributed by atoms with van der Waals surface area (Å²) in [5.41, 5.74) is -0.325. The van der Waals surface area contributed by atoms with Gasteiger partial charge in [0.1, 0.15) is 5.82 Å². The van der Waals surface area contributed by atoms with E-state index in [1.54, 1.807) is 13.0 Å². The highest BCUT2D eigenvalue weighted by Crippen LogP contribution is 2.32. The van der Waals surface area contributed by atoms with Crippen LogP contribution in [0.25, 0.3) is 0 Å². The molecule has 1 fully saturated rings. The maximum atomic E-state index is 15.4. The van der Waals surface area contributed by atoms with Crippen LogP contribution in [0.1, 0.15) is 46.8 Å². The standard InChI is InChI=1S/C25H25F4N5OS/c1-3-31-36-34-24-21(28)14(8-9-30-24)11-15-12-17(25(35)32-16-5-6-16)23(22(29)20(15)27)33-19-7-4-13(2)10-18(19)26/h4,7-10,12,16,31,33H,3,5-6,11H2,1-2H3,(H,30,34)(H,32,35). The minimum atomic E-state index is -1.36. The average molecular weight is 520 g/mol. The smallest absolute Gasteiger partial charge is 0.253 e. The van der Waals surface area contributed by atoms with Crippen molar-refractivity contribution in [1.82, 2.24) is 15.0 Å². The molecule has 0 bridgehead atoms. The molecule has 0 spiro atoms. The molecule has 0 saturated heterocycles. The summed E-state index contributed by atoms with van der Waals surface area (Å²) in [5.74, 6) is -4.73. The molecule has 4 N–H and O–H groups in total. The Kier molecular flexibility index (Phi) is 8.00. The Morgan fingerprint density at radius 2 is 1.83 bits per heavy atom. The summed E-state index contributed by atoms with van der Waals surface area (Å²) in [6.07, 6.45) is 2.57. The first kappa shape index (κ1) is 25.8. The van der Waals surface area contributed by atoms with E-state index in [0.29, 0.717) is 12.1 Å². The van der Waals surface area contributed by atoms with E-state index < -0.39 is 34.9 Å². The summed E-state index contributed by atoms with van der Waals surface area (Å²) in [4.78, 5) is 16.9. The Hall–Kier alpha value is -3.31. The summed E-state index contributed by atoms with van der Waals surface area (Å²) in [6.45, 7) is 4.19. The minimum absolute atomic E-state index is 0.0569. The van der Waals surface area contributed by atoms with Gasteiger partial charge in [0.2, 0.25) is 0 Å². The van der Waals surface area contributed by atoms with Crippen LogP contribution in [-0.4, -0.2) is 23.5 Å². The van der Waals surface area contributed by atoms with Gasteiger partial charge in [-0.3, -0.25) is 9.52 Å². The largest absolute Gasteiger partial charge is 0.350 e. The van der Waals surface area contributed by atoms with Crippen molar-refractivity contribution in [1.29, 1.82) is 0 Å². The van der Waals surface area contributed by atoms with E-state index in [9.17, 15) is 13.6 Å². The number of carbonyl (C=O) groups excluding carboxylic acids is 1. The fourth-order valence-electron chi connectivity index (χ4n) is 3.51. The zero-order valence-corrected chi connectivity index (χ0v) is 20.5. The van der Waals surface area contributed by atoms with Gasteiger partial charge in [-0.2, -0.15) is 0 Å². The van der Waals surface area contributed by atoms with Crippen LogP contribution in [0.15, 0.2) is 36.5 Å². The second-order valence-electron chi connectivity index (χ2n) is 8.45. The molecule has 0 radical (unpaired) electrons. The van der Waals surface area contributed by atoms with E-state index in [4.69, 9.17) is 0 Å². The Morgan fingerprint density at radius 3 is 2.53 bits per heavy atom. The van der Waals surface area contributed by atoms with Gasteiger partial charge in [-0.05, 0) is 60.7 Å². The number of halogens is 4. The van der Waals surface area contributed by atoms with E-state index in [2.05, 4.69) is 25.1 Å². The molecule has 4 rings (SSSR count). The van der Waals surface area contributed by atoms with Gasteiger partial charge >= 0.3 is 0 Å². The minimum Gasteiger partial charge on any atom is -0.350 e. The first-order chi connectivity index (χ1) is 17.3. The number of nitrogens with one attached hydrogen (secondary N) is 4. The number of hydrogen-bond donors (Lipinski definition) is 4. The number of amides is 1. The van der Waals surface area contributed by atoms with Crippen molar-refractivity contribution >= 4 is 35.2 Å². The molecule has 1 heterocycles.